The Morgan fingerprint density at radius 1 is 1.60 bits per heavy atom. The first-order chi connectivity index (χ1) is 6.90. The van der Waals surface area contributed by atoms with E-state index in [1.54, 1.807) is 0 Å². The zero-order chi connectivity index (χ0) is 11.5. The first kappa shape index (κ1) is 11.7. The van der Waals surface area contributed by atoms with Gasteiger partial charge in [0.1, 0.15) is 12.4 Å². The fraction of sp³-hybridized carbons (Fsp3) is 0.600. The van der Waals surface area contributed by atoms with E-state index in [2.05, 4.69) is 9.97 Å². The summed E-state index contributed by atoms with van der Waals surface area (Å²) in [6.07, 6.45) is 0.665. The summed E-state index contributed by atoms with van der Waals surface area (Å²) in [6.45, 7) is 5.93. The molecular formula is C10H17N3O2. The van der Waals surface area contributed by atoms with Crippen molar-refractivity contribution < 1.29 is 4.74 Å². The maximum absolute atomic E-state index is 11.2. The van der Waals surface area contributed by atoms with Gasteiger partial charge in [-0.2, -0.15) is 0 Å². The number of ether oxygens (including phenoxy) is 1. The second-order valence-corrected chi connectivity index (χ2v) is 4.16. The number of hydrogen-bond donors (Lipinski definition) is 2. The van der Waals surface area contributed by atoms with Crippen LogP contribution in [-0.2, 0) is 6.42 Å². The molecule has 0 fully saturated rings. The van der Waals surface area contributed by atoms with E-state index < -0.39 is 5.54 Å². The predicted molar refractivity (Wildman–Crippen MR) is 58.0 cm³/mol. The minimum atomic E-state index is -0.434. The molecule has 0 aliphatic heterocycles. The van der Waals surface area contributed by atoms with Gasteiger partial charge < -0.3 is 15.5 Å². The molecule has 0 saturated heterocycles. The van der Waals surface area contributed by atoms with Gasteiger partial charge in [-0.15, -0.1) is 0 Å². The molecule has 0 unspecified atom stereocenters. The fourth-order valence-electron chi connectivity index (χ4n) is 0.985. The van der Waals surface area contributed by atoms with Crippen LogP contribution in [0.5, 0.6) is 5.88 Å². The highest BCUT2D eigenvalue weighted by atomic mass is 16.5. The van der Waals surface area contributed by atoms with Crippen LogP contribution in [0, 0.1) is 0 Å². The average Bonchev–Trinajstić information content (AvgIpc) is 2.13. The zero-order valence-electron chi connectivity index (χ0n) is 9.33. The second kappa shape index (κ2) is 4.44. The average molecular weight is 211 g/mol. The van der Waals surface area contributed by atoms with Crippen LogP contribution < -0.4 is 16.0 Å². The summed E-state index contributed by atoms with van der Waals surface area (Å²) in [4.78, 5) is 17.9. The minimum Gasteiger partial charge on any atom is -0.476 e. The molecular weight excluding hydrogens is 194 g/mol. The summed E-state index contributed by atoms with van der Waals surface area (Å²) >= 11 is 0. The molecule has 1 heterocycles. The SMILES string of the molecule is CCc1nc(OCC(C)(C)N)cc(=O)[nH]1. The number of aromatic amines is 1. The molecule has 5 nitrogen and oxygen atoms in total. The summed E-state index contributed by atoms with van der Waals surface area (Å²) in [5.41, 5.74) is 5.12. The lowest BCUT2D eigenvalue weighted by atomic mass is 10.1. The van der Waals surface area contributed by atoms with Crippen LogP contribution in [0.3, 0.4) is 0 Å². The number of hydrogen-bond acceptors (Lipinski definition) is 4. The topological polar surface area (TPSA) is 81.0 Å². The summed E-state index contributed by atoms with van der Waals surface area (Å²) in [6, 6.07) is 1.32. The molecule has 1 aromatic rings. The Balaban J connectivity index is 2.77. The maximum atomic E-state index is 11.2. The largest absolute Gasteiger partial charge is 0.476 e. The quantitative estimate of drug-likeness (QED) is 0.757. The standard InChI is InChI=1S/C10H17N3O2/c1-4-7-12-8(14)5-9(13-7)15-6-10(2,3)11/h5H,4,6,11H2,1-3H3,(H,12,13,14). The van der Waals surface area contributed by atoms with Crippen molar-refractivity contribution in [2.75, 3.05) is 6.61 Å². The third-order valence-electron chi connectivity index (χ3n) is 1.69. The highest BCUT2D eigenvalue weighted by molar-refractivity contribution is 5.09. The molecule has 1 aromatic heterocycles. The van der Waals surface area contributed by atoms with Gasteiger partial charge in [-0.1, -0.05) is 6.92 Å². The molecule has 0 amide bonds. The van der Waals surface area contributed by atoms with Gasteiger partial charge in [0, 0.05) is 12.0 Å². The van der Waals surface area contributed by atoms with E-state index in [9.17, 15) is 4.79 Å². The summed E-state index contributed by atoms with van der Waals surface area (Å²) < 4.78 is 5.34. The van der Waals surface area contributed by atoms with Crippen molar-refractivity contribution >= 4 is 0 Å². The van der Waals surface area contributed by atoms with Crippen LogP contribution in [0.2, 0.25) is 0 Å². The Hall–Kier alpha value is -1.36. The number of aromatic nitrogens is 2. The zero-order valence-corrected chi connectivity index (χ0v) is 9.33. The molecule has 84 valence electrons. The number of nitrogens with two attached hydrogens (primary N) is 1. The van der Waals surface area contributed by atoms with Gasteiger partial charge >= 0.3 is 0 Å². The summed E-state index contributed by atoms with van der Waals surface area (Å²) in [7, 11) is 0. The number of rotatable bonds is 4. The first-order valence-corrected chi connectivity index (χ1v) is 4.92. The maximum Gasteiger partial charge on any atom is 0.254 e. The molecule has 5 heteroatoms. The van der Waals surface area contributed by atoms with Gasteiger partial charge in [-0.3, -0.25) is 4.79 Å². The lowest BCUT2D eigenvalue weighted by Gasteiger charge is -2.18. The van der Waals surface area contributed by atoms with Gasteiger partial charge in [0.2, 0.25) is 5.88 Å². The van der Waals surface area contributed by atoms with Crippen LogP contribution in [0.1, 0.15) is 26.6 Å². The normalized spacial score (nSPS) is 11.5. The molecule has 1 rings (SSSR count). The number of aryl methyl sites for hydroxylation is 1. The van der Waals surface area contributed by atoms with Crippen LogP contribution in [0.25, 0.3) is 0 Å². The Bertz CT molecular complexity index is 379. The Kier molecular flexibility index (Phi) is 3.47. The molecule has 0 spiro atoms. The number of H-pyrrole nitrogens is 1. The summed E-state index contributed by atoms with van der Waals surface area (Å²) in [5.74, 6) is 0.946. The molecule has 3 N–H and O–H groups in total. The molecule has 0 bridgehead atoms. The third-order valence-corrected chi connectivity index (χ3v) is 1.69. The predicted octanol–water partition coefficient (Wildman–Crippen LogP) is 0.448. The van der Waals surface area contributed by atoms with E-state index in [0.717, 1.165) is 0 Å². The van der Waals surface area contributed by atoms with Crippen LogP contribution in [0.4, 0.5) is 0 Å². The van der Waals surface area contributed by atoms with Gasteiger partial charge in [0.25, 0.3) is 5.56 Å². The second-order valence-electron chi connectivity index (χ2n) is 4.16. The van der Waals surface area contributed by atoms with Gasteiger partial charge in [0.05, 0.1) is 6.07 Å². The van der Waals surface area contributed by atoms with Gasteiger partial charge in [0.15, 0.2) is 0 Å². The highest BCUT2D eigenvalue weighted by Crippen LogP contribution is 2.05. The van der Waals surface area contributed by atoms with Crippen molar-refractivity contribution in [2.45, 2.75) is 32.7 Å². The number of nitrogens with one attached hydrogen (secondary N) is 1. The van der Waals surface area contributed by atoms with E-state index in [4.69, 9.17) is 10.5 Å². The molecule has 0 aliphatic rings. The lowest BCUT2D eigenvalue weighted by Crippen LogP contribution is -2.39. The van der Waals surface area contributed by atoms with Crippen LogP contribution in [0.15, 0.2) is 10.9 Å². The van der Waals surface area contributed by atoms with E-state index in [-0.39, 0.29) is 5.56 Å². The van der Waals surface area contributed by atoms with Crippen LogP contribution >= 0.6 is 0 Å². The Morgan fingerprint density at radius 2 is 2.27 bits per heavy atom. The molecule has 0 aliphatic carbocycles. The minimum absolute atomic E-state index is 0.202. The van der Waals surface area contributed by atoms with Crippen molar-refractivity contribution in [3.8, 4) is 5.88 Å². The Labute approximate surface area is 88.7 Å². The molecule has 0 atom stereocenters. The molecule has 0 saturated carbocycles. The lowest BCUT2D eigenvalue weighted by molar-refractivity contribution is 0.234. The van der Waals surface area contributed by atoms with Crippen molar-refractivity contribution in [2.24, 2.45) is 5.73 Å². The smallest absolute Gasteiger partial charge is 0.254 e. The monoisotopic (exact) mass is 211 g/mol. The van der Waals surface area contributed by atoms with E-state index in [0.29, 0.717) is 24.7 Å². The van der Waals surface area contributed by atoms with Crippen molar-refractivity contribution in [3.63, 3.8) is 0 Å². The van der Waals surface area contributed by atoms with Crippen molar-refractivity contribution in [3.05, 3.63) is 22.2 Å². The van der Waals surface area contributed by atoms with E-state index in [1.807, 2.05) is 20.8 Å². The summed E-state index contributed by atoms with van der Waals surface area (Å²) in [5, 5.41) is 0. The van der Waals surface area contributed by atoms with Crippen LogP contribution in [-0.4, -0.2) is 22.1 Å². The molecule has 0 radical (unpaired) electrons. The Morgan fingerprint density at radius 3 is 2.80 bits per heavy atom. The first-order valence-electron chi connectivity index (χ1n) is 4.92. The van der Waals surface area contributed by atoms with Gasteiger partial charge in [-0.05, 0) is 13.8 Å². The highest BCUT2D eigenvalue weighted by Gasteiger charge is 2.12. The van der Waals surface area contributed by atoms with Crippen molar-refractivity contribution in [1.82, 2.24) is 9.97 Å². The molecule has 15 heavy (non-hydrogen) atoms. The van der Waals surface area contributed by atoms with Gasteiger partial charge in [-0.25, -0.2) is 4.98 Å². The molecule has 0 aromatic carbocycles. The fourth-order valence-corrected chi connectivity index (χ4v) is 0.985. The van der Waals surface area contributed by atoms with Crippen molar-refractivity contribution in [1.29, 1.82) is 0 Å². The number of nitrogens with zero attached hydrogens (tertiary/aromatic N) is 1. The van der Waals surface area contributed by atoms with E-state index in [1.165, 1.54) is 6.07 Å². The third kappa shape index (κ3) is 4.12. The van der Waals surface area contributed by atoms with E-state index >= 15 is 0 Å².